The lowest BCUT2D eigenvalue weighted by Crippen LogP contribution is -2.09. The highest BCUT2D eigenvalue weighted by Gasteiger charge is 2.29. The Morgan fingerprint density at radius 1 is 0.455 bits per heavy atom. The van der Waals surface area contributed by atoms with E-state index in [-0.39, 0.29) is 5.92 Å². The first-order valence-electron chi connectivity index (χ1n) is 18.9. The number of rotatable bonds is 7. The minimum atomic E-state index is 0.263. The Hall–Kier alpha value is -6.55. The zero-order valence-electron chi connectivity index (χ0n) is 30.3. The number of aromatic nitrogens is 1. The van der Waals surface area contributed by atoms with Crippen molar-refractivity contribution < 1.29 is 0 Å². The van der Waals surface area contributed by atoms with Crippen molar-refractivity contribution in [2.24, 2.45) is 0 Å². The summed E-state index contributed by atoms with van der Waals surface area (Å²) >= 11 is 1.92. The van der Waals surface area contributed by atoms with Crippen molar-refractivity contribution in [3.8, 4) is 27.9 Å². The summed E-state index contributed by atoms with van der Waals surface area (Å²) in [5, 5.41) is 1.30. The SMILES string of the molecule is c1ccc(C2Cc3c(c4ccc(-c5ccc(-c6ccc(N(c7ccccc7)c7ccccc7)cc6)cc5)cc4n3-c3ccccc3)Sc3ccccc32)cc1. The molecule has 0 bridgehead atoms. The molecule has 9 aromatic rings. The van der Waals surface area contributed by atoms with Crippen molar-refractivity contribution in [2.75, 3.05) is 4.90 Å². The zero-order chi connectivity index (χ0) is 36.6. The van der Waals surface area contributed by atoms with Crippen LogP contribution in [0.4, 0.5) is 17.1 Å². The molecule has 8 aromatic carbocycles. The van der Waals surface area contributed by atoms with Gasteiger partial charge in [-0.15, -0.1) is 0 Å². The van der Waals surface area contributed by atoms with Crippen LogP contribution < -0.4 is 4.90 Å². The molecule has 262 valence electrons. The van der Waals surface area contributed by atoms with Crippen LogP contribution in [0.15, 0.2) is 222 Å². The normalized spacial score (nSPS) is 13.5. The van der Waals surface area contributed by atoms with Crippen molar-refractivity contribution in [3.63, 3.8) is 0 Å². The summed E-state index contributed by atoms with van der Waals surface area (Å²) in [6.07, 6.45) is 0.921. The molecule has 0 amide bonds. The Labute approximate surface area is 327 Å². The van der Waals surface area contributed by atoms with Gasteiger partial charge >= 0.3 is 0 Å². The molecule has 0 saturated carbocycles. The molecule has 1 aliphatic heterocycles. The highest BCUT2D eigenvalue weighted by atomic mass is 32.2. The largest absolute Gasteiger partial charge is 0.312 e. The number of hydrogen-bond acceptors (Lipinski definition) is 2. The van der Waals surface area contributed by atoms with Crippen LogP contribution in [0, 0.1) is 0 Å². The van der Waals surface area contributed by atoms with Gasteiger partial charge in [-0.25, -0.2) is 0 Å². The molecule has 0 fully saturated rings. The van der Waals surface area contributed by atoms with Gasteiger partial charge in [-0.2, -0.15) is 0 Å². The number of hydrogen-bond donors (Lipinski definition) is 0. The number of anilines is 3. The van der Waals surface area contributed by atoms with Gasteiger partial charge in [-0.05, 0) is 94.0 Å². The second-order valence-corrected chi connectivity index (χ2v) is 15.2. The summed E-state index contributed by atoms with van der Waals surface area (Å²) in [6, 6.07) is 77.0. The second-order valence-electron chi connectivity index (χ2n) is 14.1. The Morgan fingerprint density at radius 2 is 0.945 bits per heavy atom. The van der Waals surface area contributed by atoms with Crippen LogP contribution in [0.3, 0.4) is 0 Å². The average molecular weight is 723 g/mol. The topological polar surface area (TPSA) is 8.17 Å². The fraction of sp³-hybridized carbons (Fsp3) is 0.0385. The van der Waals surface area contributed by atoms with Gasteiger partial charge in [0.05, 0.1) is 5.52 Å². The summed E-state index contributed by atoms with van der Waals surface area (Å²) in [5.41, 5.74) is 14.8. The van der Waals surface area contributed by atoms with E-state index in [1.807, 2.05) is 11.8 Å². The third kappa shape index (κ3) is 6.23. The predicted octanol–water partition coefficient (Wildman–Crippen LogP) is 14.3. The summed E-state index contributed by atoms with van der Waals surface area (Å²) < 4.78 is 2.52. The Balaban J connectivity index is 1.02. The molecule has 55 heavy (non-hydrogen) atoms. The fourth-order valence-electron chi connectivity index (χ4n) is 8.18. The summed E-state index contributed by atoms with van der Waals surface area (Å²) in [7, 11) is 0. The van der Waals surface area contributed by atoms with E-state index in [0.717, 1.165) is 23.5 Å². The number of benzene rings is 8. The summed E-state index contributed by atoms with van der Waals surface area (Å²) in [4.78, 5) is 4.99. The maximum atomic E-state index is 2.52. The standard InChI is InChI=1S/C52H38N2S/c1-5-15-40(16-6-1)48-36-50-52(55-51-24-14-13-23-46(48)51)47-34-31-41(35-49(47)54(50)44-21-11-4-12-22-44)39-27-25-37(26-28-39)38-29-32-45(33-30-38)53(42-17-7-2-8-18-42)43-19-9-3-10-20-43/h1-35,48H,36H2. The molecule has 1 aromatic heterocycles. The van der Waals surface area contributed by atoms with Crippen LogP contribution >= 0.6 is 11.8 Å². The predicted molar refractivity (Wildman–Crippen MR) is 231 cm³/mol. The molecule has 3 heteroatoms. The minimum absolute atomic E-state index is 0.263. The van der Waals surface area contributed by atoms with Crippen LogP contribution in [0.1, 0.15) is 22.7 Å². The van der Waals surface area contributed by atoms with E-state index in [9.17, 15) is 0 Å². The Kier molecular flexibility index (Phi) is 8.63. The fourth-order valence-corrected chi connectivity index (χ4v) is 9.45. The first kappa shape index (κ1) is 33.1. The highest BCUT2D eigenvalue weighted by Crippen LogP contribution is 2.49. The minimum Gasteiger partial charge on any atom is -0.312 e. The molecular weight excluding hydrogens is 685 g/mol. The van der Waals surface area contributed by atoms with E-state index in [0.29, 0.717) is 0 Å². The van der Waals surface area contributed by atoms with E-state index in [1.54, 1.807) is 0 Å². The van der Waals surface area contributed by atoms with Crippen molar-refractivity contribution in [3.05, 3.63) is 229 Å². The van der Waals surface area contributed by atoms with Crippen molar-refractivity contribution >= 4 is 39.7 Å². The van der Waals surface area contributed by atoms with E-state index in [1.165, 1.54) is 65.5 Å². The lowest BCUT2D eigenvalue weighted by atomic mass is 9.87. The molecule has 2 heterocycles. The van der Waals surface area contributed by atoms with Gasteiger partial charge < -0.3 is 9.47 Å². The molecule has 1 atom stereocenters. The molecule has 0 saturated heterocycles. The Bertz CT molecular complexity index is 2680. The number of nitrogens with zero attached hydrogens (tertiary/aromatic N) is 2. The first-order chi connectivity index (χ1) is 27.3. The van der Waals surface area contributed by atoms with Gasteiger partial charge in [-0.1, -0.05) is 163 Å². The molecule has 0 radical (unpaired) electrons. The first-order valence-corrected chi connectivity index (χ1v) is 19.8. The number of fused-ring (bicyclic) bond motifs is 4. The maximum Gasteiger partial charge on any atom is 0.0549 e. The van der Waals surface area contributed by atoms with Crippen molar-refractivity contribution in [1.29, 1.82) is 0 Å². The zero-order valence-corrected chi connectivity index (χ0v) is 31.1. The molecular formula is C52H38N2S. The lowest BCUT2D eigenvalue weighted by Gasteiger charge is -2.25. The molecule has 0 spiro atoms. The molecule has 1 unspecified atom stereocenters. The van der Waals surface area contributed by atoms with Crippen molar-refractivity contribution in [1.82, 2.24) is 4.57 Å². The van der Waals surface area contributed by atoms with Crippen LogP contribution in [0.25, 0.3) is 38.8 Å². The molecule has 0 aliphatic carbocycles. The molecule has 1 aliphatic rings. The van der Waals surface area contributed by atoms with E-state index in [4.69, 9.17) is 0 Å². The maximum absolute atomic E-state index is 2.52. The van der Waals surface area contributed by atoms with E-state index < -0.39 is 0 Å². The second kappa shape index (κ2) is 14.4. The van der Waals surface area contributed by atoms with E-state index >= 15 is 0 Å². The van der Waals surface area contributed by atoms with Crippen LogP contribution in [0.5, 0.6) is 0 Å². The lowest BCUT2D eigenvalue weighted by molar-refractivity contribution is 0.750. The van der Waals surface area contributed by atoms with Crippen LogP contribution in [-0.2, 0) is 6.42 Å². The van der Waals surface area contributed by atoms with Gasteiger partial charge in [0.1, 0.15) is 0 Å². The van der Waals surface area contributed by atoms with Gasteiger partial charge in [-0.3, -0.25) is 0 Å². The summed E-state index contributed by atoms with van der Waals surface area (Å²) in [5.74, 6) is 0.263. The van der Waals surface area contributed by atoms with Gasteiger partial charge in [0, 0.05) is 56.0 Å². The van der Waals surface area contributed by atoms with Crippen LogP contribution in [-0.4, -0.2) is 4.57 Å². The Morgan fingerprint density at radius 3 is 1.58 bits per heavy atom. The quantitative estimate of drug-likeness (QED) is 0.162. The molecule has 2 nitrogen and oxygen atoms in total. The van der Waals surface area contributed by atoms with Gasteiger partial charge in [0.2, 0.25) is 0 Å². The third-order valence-electron chi connectivity index (χ3n) is 10.8. The number of para-hydroxylation sites is 3. The highest BCUT2D eigenvalue weighted by molar-refractivity contribution is 7.99. The molecule has 0 N–H and O–H groups in total. The summed E-state index contributed by atoms with van der Waals surface area (Å²) in [6.45, 7) is 0. The smallest absolute Gasteiger partial charge is 0.0549 e. The monoisotopic (exact) mass is 722 g/mol. The average Bonchev–Trinajstić information content (AvgIpc) is 3.45. The third-order valence-corrected chi connectivity index (χ3v) is 12.1. The molecule has 10 rings (SSSR count). The van der Waals surface area contributed by atoms with Crippen LogP contribution in [0.2, 0.25) is 0 Å². The van der Waals surface area contributed by atoms with E-state index in [2.05, 4.69) is 222 Å². The van der Waals surface area contributed by atoms with Gasteiger partial charge in [0.25, 0.3) is 0 Å². The van der Waals surface area contributed by atoms with Gasteiger partial charge in [0.15, 0.2) is 0 Å². The van der Waals surface area contributed by atoms with Crippen molar-refractivity contribution in [2.45, 2.75) is 22.1 Å².